The van der Waals surface area contributed by atoms with Gasteiger partial charge >= 0.3 is 5.97 Å². The smallest absolute Gasteiger partial charge is 0.335 e. The minimum atomic E-state index is -1.12. The van der Waals surface area contributed by atoms with Gasteiger partial charge in [-0.25, -0.2) is 9.18 Å². The van der Waals surface area contributed by atoms with E-state index in [1.54, 1.807) is 0 Å². The molecule has 0 saturated heterocycles. The first-order valence-corrected chi connectivity index (χ1v) is 5.85. The number of nitrogens with one attached hydrogen (secondary N) is 1. The van der Waals surface area contributed by atoms with Gasteiger partial charge in [-0.1, -0.05) is 26.7 Å². The minimum absolute atomic E-state index is 0.0319. The third-order valence-electron chi connectivity index (χ3n) is 2.95. The van der Waals surface area contributed by atoms with Crippen LogP contribution in [0.4, 0.5) is 10.1 Å². The van der Waals surface area contributed by atoms with Crippen molar-refractivity contribution in [2.24, 2.45) is 5.92 Å². The van der Waals surface area contributed by atoms with E-state index in [4.69, 9.17) is 5.11 Å². The third kappa shape index (κ3) is 3.73. The molecule has 0 unspecified atom stereocenters. The zero-order valence-electron chi connectivity index (χ0n) is 10.2. The van der Waals surface area contributed by atoms with Crippen LogP contribution >= 0.6 is 0 Å². The molecule has 0 spiro atoms. The number of benzene rings is 1. The van der Waals surface area contributed by atoms with Gasteiger partial charge < -0.3 is 10.4 Å². The maximum absolute atomic E-state index is 13.5. The zero-order valence-corrected chi connectivity index (χ0v) is 10.2. The molecule has 0 radical (unpaired) electrons. The first-order valence-electron chi connectivity index (χ1n) is 5.85. The number of halogens is 1. The van der Waals surface area contributed by atoms with E-state index < -0.39 is 11.8 Å². The van der Waals surface area contributed by atoms with Crippen molar-refractivity contribution in [3.05, 3.63) is 29.6 Å². The summed E-state index contributed by atoms with van der Waals surface area (Å²) < 4.78 is 13.5. The summed E-state index contributed by atoms with van der Waals surface area (Å²) in [6.45, 7) is 4.90. The van der Waals surface area contributed by atoms with Crippen molar-refractivity contribution in [3.8, 4) is 0 Å². The van der Waals surface area contributed by atoms with Gasteiger partial charge in [-0.15, -0.1) is 0 Å². The van der Waals surface area contributed by atoms with Gasteiger partial charge in [-0.3, -0.25) is 0 Å². The quantitative estimate of drug-likeness (QED) is 0.800. The molecule has 0 aromatic heterocycles. The van der Waals surface area contributed by atoms with E-state index in [0.29, 0.717) is 18.2 Å². The van der Waals surface area contributed by atoms with Crippen molar-refractivity contribution in [2.45, 2.75) is 26.7 Å². The first-order chi connectivity index (χ1) is 8.08. The van der Waals surface area contributed by atoms with Crippen LogP contribution in [0.1, 0.15) is 37.0 Å². The summed E-state index contributed by atoms with van der Waals surface area (Å²) in [5.74, 6) is -1.13. The number of carboxylic acids is 1. The predicted octanol–water partition coefficient (Wildman–Crippen LogP) is 3.37. The van der Waals surface area contributed by atoms with E-state index in [9.17, 15) is 9.18 Å². The summed E-state index contributed by atoms with van der Waals surface area (Å²) in [4.78, 5) is 10.6. The molecule has 0 heterocycles. The molecule has 3 nitrogen and oxygen atoms in total. The number of carbonyl (C=O) groups is 1. The standard InChI is InChI=1S/C13H18FNO2/c1-3-9(4-2)8-15-12-6-5-10(13(16)17)7-11(12)14/h5-7,9,15H,3-4,8H2,1-2H3,(H,16,17). The summed E-state index contributed by atoms with van der Waals surface area (Å²) >= 11 is 0. The van der Waals surface area contributed by atoms with E-state index in [2.05, 4.69) is 19.2 Å². The molecule has 1 rings (SSSR count). The van der Waals surface area contributed by atoms with Crippen LogP contribution in [0.5, 0.6) is 0 Å². The average molecular weight is 239 g/mol. The predicted molar refractivity (Wildman–Crippen MR) is 65.9 cm³/mol. The van der Waals surface area contributed by atoms with Crippen molar-refractivity contribution in [1.29, 1.82) is 0 Å². The Hall–Kier alpha value is -1.58. The van der Waals surface area contributed by atoms with Gasteiger partial charge in [0.2, 0.25) is 0 Å². The normalized spacial score (nSPS) is 10.6. The summed E-state index contributed by atoms with van der Waals surface area (Å²) in [6.07, 6.45) is 2.08. The van der Waals surface area contributed by atoms with Crippen LogP contribution in [-0.4, -0.2) is 17.6 Å². The molecular weight excluding hydrogens is 221 g/mol. The third-order valence-corrected chi connectivity index (χ3v) is 2.95. The van der Waals surface area contributed by atoms with E-state index in [0.717, 1.165) is 18.9 Å². The Balaban J connectivity index is 2.69. The van der Waals surface area contributed by atoms with Gasteiger partial charge in [0.05, 0.1) is 11.3 Å². The van der Waals surface area contributed by atoms with Crippen LogP contribution in [0.15, 0.2) is 18.2 Å². The van der Waals surface area contributed by atoms with Gasteiger partial charge in [0.15, 0.2) is 0 Å². The first kappa shape index (κ1) is 13.5. The zero-order chi connectivity index (χ0) is 12.8. The molecule has 1 aromatic carbocycles. The van der Waals surface area contributed by atoms with Crippen LogP contribution < -0.4 is 5.32 Å². The summed E-state index contributed by atoms with van der Waals surface area (Å²) in [5.41, 5.74) is 0.331. The second-order valence-electron chi connectivity index (χ2n) is 4.06. The molecule has 0 aliphatic heterocycles. The highest BCUT2D eigenvalue weighted by molar-refractivity contribution is 5.88. The lowest BCUT2D eigenvalue weighted by atomic mass is 10.0. The Kier molecular flexibility index (Phi) is 4.94. The van der Waals surface area contributed by atoms with Crippen LogP contribution in [0.2, 0.25) is 0 Å². The average Bonchev–Trinajstić information content (AvgIpc) is 2.31. The van der Waals surface area contributed by atoms with Gasteiger partial charge in [-0.2, -0.15) is 0 Å². The Labute approximate surface area is 101 Å². The molecule has 0 atom stereocenters. The molecule has 0 amide bonds. The largest absolute Gasteiger partial charge is 0.478 e. The molecule has 17 heavy (non-hydrogen) atoms. The van der Waals surface area contributed by atoms with Gasteiger partial charge in [0.1, 0.15) is 5.82 Å². The van der Waals surface area contributed by atoms with Crippen molar-refractivity contribution < 1.29 is 14.3 Å². The maximum Gasteiger partial charge on any atom is 0.335 e. The highest BCUT2D eigenvalue weighted by Crippen LogP contribution is 2.17. The van der Waals surface area contributed by atoms with Crippen LogP contribution in [0.25, 0.3) is 0 Å². The minimum Gasteiger partial charge on any atom is -0.478 e. The lowest BCUT2D eigenvalue weighted by Crippen LogP contribution is -2.13. The molecule has 1 aromatic rings. The second kappa shape index (κ2) is 6.23. The number of carboxylic acid groups (broad SMARTS) is 1. The lowest BCUT2D eigenvalue weighted by molar-refractivity contribution is 0.0696. The van der Waals surface area contributed by atoms with E-state index in [-0.39, 0.29) is 5.56 Å². The van der Waals surface area contributed by atoms with Gasteiger partial charge in [-0.05, 0) is 24.1 Å². The van der Waals surface area contributed by atoms with Crippen LogP contribution in [-0.2, 0) is 0 Å². The summed E-state index contributed by atoms with van der Waals surface area (Å²) in [6, 6.07) is 3.92. The molecule has 0 aliphatic rings. The maximum atomic E-state index is 13.5. The van der Waals surface area contributed by atoms with Crippen LogP contribution in [0, 0.1) is 11.7 Å². The molecule has 0 aliphatic carbocycles. The molecule has 4 heteroatoms. The molecular formula is C13H18FNO2. The Bertz CT molecular complexity index is 389. The van der Waals surface area contributed by atoms with E-state index >= 15 is 0 Å². The molecule has 0 saturated carbocycles. The van der Waals surface area contributed by atoms with Crippen LogP contribution in [0.3, 0.4) is 0 Å². The fourth-order valence-electron chi connectivity index (χ4n) is 1.62. The van der Waals surface area contributed by atoms with Crippen molar-refractivity contribution in [1.82, 2.24) is 0 Å². The van der Waals surface area contributed by atoms with E-state index in [1.807, 2.05) is 0 Å². The van der Waals surface area contributed by atoms with Gasteiger partial charge in [0, 0.05) is 6.54 Å². The Morgan fingerprint density at radius 3 is 2.53 bits per heavy atom. The topological polar surface area (TPSA) is 49.3 Å². The molecule has 2 N–H and O–H groups in total. The van der Waals surface area contributed by atoms with Crippen molar-refractivity contribution in [2.75, 3.05) is 11.9 Å². The molecule has 0 fully saturated rings. The lowest BCUT2D eigenvalue weighted by Gasteiger charge is -2.14. The highest BCUT2D eigenvalue weighted by Gasteiger charge is 2.09. The SMILES string of the molecule is CCC(CC)CNc1ccc(C(=O)O)cc1F. The number of rotatable bonds is 6. The second-order valence-corrected chi connectivity index (χ2v) is 4.06. The fraction of sp³-hybridized carbons (Fsp3) is 0.462. The molecule has 0 bridgehead atoms. The van der Waals surface area contributed by atoms with Gasteiger partial charge in [0.25, 0.3) is 0 Å². The number of anilines is 1. The Morgan fingerprint density at radius 2 is 2.06 bits per heavy atom. The number of aromatic carboxylic acids is 1. The number of hydrogen-bond acceptors (Lipinski definition) is 2. The Morgan fingerprint density at radius 1 is 1.41 bits per heavy atom. The molecule has 94 valence electrons. The van der Waals surface area contributed by atoms with Crippen molar-refractivity contribution in [3.63, 3.8) is 0 Å². The summed E-state index contributed by atoms with van der Waals surface area (Å²) in [5, 5.41) is 11.7. The summed E-state index contributed by atoms with van der Waals surface area (Å²) in [7, 11) is 0. The number of hydrogen-bond donors (Lipinski definition) is 2. The highest BCUT2D eigenvalue weighted by atomic mass is 19.1. The van der Waals surface area contributed by atoms with E-state index in [1.165, 1.54) is 12.1 Å². The van der Waals surface area contributed by atoms with Crippen molar-refractivity contribution >= 4 is 11.7 Å². The fourth-order valence-corrected chi connectivity index (χ4v) is 1.62. The monoisotopic (exact) mass is 239 g/mol.